The molecule has 2 aliphatic rings. The van der Waals surface area contributed by atoms with Gasteiger partial charge < -0.3 is 4.57 Å². The summed E-state index contributed by atoms with van der Waals surface area (Å²) in [4.78, 5) is 0. The van der Waals surface area contributed by atoms with E-state index in [9.17, 15) is 0 Å². The minimum absolute atomic E-state index is 0.471. The lowest BCUT2D eigenvalue weighted by molar-refractivity contribution is 0.477. The molecular weight excluding hydrogens is 162 g/mol. The Morgan fingerprint density at radius 1 is 1.23 bits per heavy atom. The number of nitrogens with zero attached hydrogens (tertiary/aromatic N) is 3. The number of aromatic nitrogens is 3. The van der Waals surface area contributed by atoms with E-state index in [0.29, 0.717) is 11.5 Å². The zero-order chi connectivity index (χ0) is 9.05. The fourth-order valence-electron chi connectivity index (χ4n) is 2.46. The fraction of sp³-hybridized carbons (Fsp3) is 0.800. The minimum Gasteiger partial charge on any atom is -0.309 e. The molecule has 70 valence electrons. The maximum Gasteiger partial charge on any atom is 0.136 e. The summed E-state index contributed by atoms with van der Waals surface area (Å²) in [5.74, 6) is 2.93. The van der Waals surface area contributed by atoms with Crippen LogP contribution in [0, 0.1) is 0 Å². The van der Waals surface area contributed by atoms with Crippen molar-refractivity contribution in [3.63, 3.8) is 0 Å². The molecular formula is C10H15N3. The van der Waals surface area contributed by atoms with E-state index in [1.165, 1.54) is 30.9 Å². The molecule has 3 heteroatoms. The van der Waals surface area contributed by atoms with Gasteiger partial charge in [-0.2, -0.15) is 0 Å². The van der Waals surface area contributed by atoms with Crippen LogP contribution in [0.2, 0.25) is 0 Å². The van der Waals surface area contributed by atoms with E-state index in [1.807, 2.05) is 0 Å². The summed E-state index contributed by atoms with van der Waals surface area (Å²) in [6, 6.07) is 0. The van der Waals surface area contributed by atoms with Gasteiger partial charge in [-0.1, -0.05) is 13.8 Å². The van der Waals surface area contributed by atoms with E-state index in [-0.39, 0.29) is 0 Å². The summed E-state index contributed by atoms with van der Waals surface area (Å²) in [5.41, 5.74) is 0.471. The van der Waals surface area contributed by atoms with Crippen molar-refractivity contribution in [2.24, 2.45) is 0 Å². The number of hydrogen-bond acceptors (Lipinski definition) is 2. The molecule has 3 nitrogen and oxygen atoms in total. The van der Waals surface area contributed by atoms with Gasteiger partial charge in [0.1, 0.15) is 11.6 Å². The predicted molar refractivity (Wildman–Crippen MR) is 49.6 cm³/mol. The van der Waals surface area contributed by atoms with E-state index < -0.39 is 0 Å². The van der Waals surface area contributed by atoms with E-state index >= 15 is 0 Å². The molecule has 0 saturated heterocycles. The molecule has 1 aromatic rings. The van der Waals surface area contributed by atoms with Crippen LogP contribution < -0.4 is 0 Å². The Kier molecular flexibility index (Phi) is 1.24. The van der Waals surface area contributed by atoms with Crippen LogP contribution in [-0.2, 0) is 12.0 Å². The van der Waals surface area contributed by atoms with Crippen LogP contribution in [0.25, 0.3) is 0 Å². The smallest absolute Gasteiger partial charge is 0.136 e. The zero-order valence-corrected chi connectivity index (χ0v) is 8.25. The predicted octanol–water partition coefficient (Wildman–Crippen LogP) is 1.84. The maximum absolute atomic E-state index is 4.29. The highest BCUT2D eigenvalue weighted by atomic mass is 15.3. The lowest BCUT2D eigenvalue weighted by Gasteiger charge is -2.14. The third-order valence-electron chi connectivity index (χ3n) is 3.39. The molecule has 0 N–H and O–H groups in total. The molecule has 1 aliphatic heterocycles. The topological polar surface area (TPSA) is 30.7 Å². The lowest BCUT2D eigenvalue weighted by Crippen LogP contribution is -2.15. The van der Waals surface area contributed by atoms with Crippen molar-refractivity contribution in [2.45, 2.75) is 51.0 Å². The SMILES string of the molecule is CC(C)c1nnc2n1C1(CC2)CC1. The summed E-state index contributed by atoms with van der Waals surface area (Å²) in [5, 5.41) is 8.55. The van der Waals surface area contributed by atoms with Gasteiger partial charge in [0.05, 0.1) is 0 Å². The molecule has 0 amide bonds. The Morgan fingerprint density at radius 2 is 2.00 bits per heavy atom. The highest BCUT2D eigenvalue weighted by molar-refractivity contribution is 5.18. The van der Waals surface area contributed by atoms with E-state index in [4.69, 9.17) is 0 Å². The van der Waals surface area contributed by atoms with E-state index in [1.54, 1.807) is 0 Å². The standard InChI is InChI=1S/C10H15N3/c1-7(2)9-12-11-8-3-4-10(5-6-10)13(8)9/h7H,3-6H2,1-2H3. The normalized spacial score (nSPS) is 22.7. The average Bonchev–Trinajstić information content (AvgIpc) is 2.57. The molecule has 1 fully saturated rings. The summed E-state index contributed by atoms with van der Waals surface area (Å²) >= 11 is 0. The first-order chi connectivity index (χ1) is 6.23. The van der Waals surface area contributed by atoms with Crippen LogP contribution >= 0.6 is 0 Å². The van der Waals surface area contributed by atoms with Gasteiger partial charge in [0.25, 0.3) is 0 Å². The van der Waals surface area contributed by atoms with Crippen LogP contribution in [0.15, 0.2) is 0 Å². The molecule has 0 atom stereocenters. The quantitative estimate of drug-likeness (QED) is 0.655. The molecule has 2 heterocycles. The fourth-order valence-corrected chi connectivity index (χ4v) is 2.46. The van der Waals surface area contributed by atoms with Crippen molar-refractivity contribution in [3.05, 3.63) is 11.6 Å². The van der Waals surface area contributed by atoms with Crippen LogP contribution in [0.1, 0.15) is 50.7 Å². The maximum atomic E-state index is 4.29. The Hall–Kier alpha value is -0.860. The highest BCUT2D eigenvalue weighted by Crippen LogP contribution is 2.52. The second-order valence-electron chi connectivity index (χ2n) is 4.69. The highest BCUT2D eigenvalue weighted by Gasteiger charge is 2.50. The molecule has 13 heavy (non-hydrogen) atoms. The van der Waals surface area contributed by atoms with Gasteiger partial charge in [0, 0.05) is 17.9 Å². The van der Waals surface area contributed by atoms with Gasteiger partial charge in [-0.05, 0) is 19.3 Å². The second-order valence-corrected chi connectivity index (χ2v) is 4.69. The molecule has 0 radical (unpaired) electrons. The Bertz CT molecular complexity index is 347. The molecule has 0 unspecified atom stereocenters. The number of fused-ring (bicyclic) bond motifs is 2. The summed E-state index contributed by atoms with van der Waals surface area (Å²) in [7, 11) is 0. The van der Waals surface area contributed by atoms with Gasteiger partial charge in [0.15, 0.2) is 0 Å². The van der Waals surface area contributed by atoms with Crippen molar-refractivity contribution < 1.29 is 0 Å². The first kappa shape index (κ1) is 7.54. The Morgan fingerprint density at radius 3 is 2.62 bits per heavy atom. The molecule has 1 aliphatic carbocycles. The first-order valence-electron chi connectivity index (χ1n) is 5.18. The van der Waals surface area contributed by atoms with Crippen LogP contribution in [0.5, 0.6) is 0 Å². The van der Waals surface area contributed by atoms with Crippen LogP contribution in [0.3, 0.4) is 0 Å². The van der Waals surface area contributed by atoms with E-state index in [0.717, 1.165) is 6.42 Å². The number of rotatable bonds is 1. The van der Waals surface area contributed by atoms with Crippen molar-refractivity contribution in [2.75, 3.05) is 0 Å². The van der Waals surface area contributed by atoms with Crippen molar-refractivity contribution in [1.29, 1.82) is 0 Å². The van der Waals surface area contributed by atoms with Gasteiger partial charge in [-0.15, -0.1) is 10.2 Å². The minimum atomic E-state index is 0.471. The van der Waals surface area contributed by atoms with E-state index in [2.05, 4.69) is 28.6 Å². The third kappa shape index (κ3) is 0.847. The van der Waals surface area contributed by atoms with Gasteiger partial charge >= 0.3 is 0 Å². The number of aryl methyl sites for hydroxylation is 1. The van der Waals surface area contributed by atoms with Crippen molar-refractivity contribution >= 4 is 0 Å². The van der Waals surface area contributed by atoms with Gasteiger partial charge in [-0.3, -0.25) is 0 Å². The molecule has 1 spiro atoms. The monoisotopic (exact) mass is 177 g/mol. The van der Waals surface area contributed by atoms with Crippen molar-refractivity contribution in [3.8, 4) is 0 Å². The summed E-state index contributed by atoms with van der Waals surface area (Å²) < 4.78 is 2.43. The lowest BCUT2D eigenvalue weighted by atomic mass is 10.1. The average molecular weight is 177 g/mol. The Balaban J connectivity index is 2.15. The molecule has 0 bridgehead atoms. The Labute approximate surface area is 78.2 Å². The summed E-state index contributed by atoms with van der Waals surface area (Å²) in [6.45, 7) is 4.40. The molecule has 3 rings (SSSR count). The second kappa shape index (κ2) is 2.14. The number of hydrogen-bond donors (Lipinski definition) is 0. The largest absolute Gasteiger partial charge is 0.309 e. The zero-order valence-electron chi connectivity index (χ0n) is 8.25. The van der Waals surface area contributed by atoms with Crippen molar-refractivity contribution in [1.82, 2.24) is 14.8 Å². The molecule has 1 aromatic heterocycles. The molecule has 1 saturated carbocycles. The van der Waals surface area contributed by atoms with Gasteiger partial charge in [0.2, 0.25) is 0 Å². The van der Waals surface area contributed by atoms with Crippen LogP contribution in [0.4, 0.5) is 0 Å². The first-order valence-corrected chi connectivity index (χ1v) is 5.18. The summed E-state index contributed by atoms with van der Waals surface area (Å²) in [6.07, 6.45) is 5.13. The van der Waals surface area contributed by atoms with Gasteiger partial charge in [-0.25, -0.2) is 0 Å². The third-order valence-corrected chi connectivity index (χ3v) is 3.39. The van der Waals surface area contributed by atoms with Crippen LogP contribution in [-0.4, -0.2) is 14.8 Å². The molecule has 0 aromatic carbocycles.